The molecule has 1 saturated carbocycles. The SMILES string of the molecule is COCCN(C1CC1)S(=O)(=O)c1ccc(C(=O)O)cc1N. The van der Waals surface area contributed by atoms with Gasteiger partial charge in [0.25, 0.3) is 0 Å². The van der Waals surface area contributed by atoms with Crippen molar-refractivity contribution in [3.8, 4) is 0 Å². The van der Waals surface area contributed by atoms with Gasteiger partial charge < -0.3 is 15.6 Å². The van der Waals surface area contributed by atoms with Gasteiger partial charge in [-0.25, -0.2) is 13.2 Å². The molecule has 0 saturated heterocycles. The summed E-state index contributed by atoms with van der Waals surface area (Å²) in [6.45, 7) is 0.548. The molecule has 0 heterocycles. The zero-order chi connectivity index (χ0) is 15.6. The van der Waals surface area contributed by atoms with Gasteiger partial charge >= 0.3 is 5.97 Å². The number of hydrogen-bond donors (Lipinski definition) is 2. The topological polar surface area (TPSA) is 110 Å². The molecule has 2 rings (SSSR count). The normalized spacial score (nSPS) is 15.3. The number of benzene rings is 1. The van der Waals surface area contributed by atoms with Crippen molar-refractivity contribution in [2.24, 2.45) is 0 Å². The third-order valence-electron chi connectivity index (χ3n) is 3.31. The van der Waals surface area contributed by atoms with E-state index in [2.05, 4.69) is 0 Å². The average Bonchev–Trinajstić information content (AvgIpc) is 3.23. The second-order valence-corrected chi connectivity index (χ2v) is 6.76. The lowest BCUT2D eigenvalue weighted by Crippen LogP contribution is -2.36. The van der Waals surface area contributed by atoms with E-state index in [4.69, 9.17) is 15.6 Å². The maximum atomic E-state index is 12.7. The molecule has 1 fully saturated rings. The Bertz CT molecular complexity index is 640. The van der Waals surface area contributed by atoms with Crippen LogP contribution in [-0.4, -0.2) is 50.1 Å². The quantitative estimate of drug-likeness (QED) is 0.719. The van der Waals surface area contributed by atoms with Crippen LogP contribution in [0.2, 0.25) is 0 Å². The summed E-state index contributed by atoms with van der Waals surface area (Å²) in [6.07, 6.45) is 1.63. The Balaban J connectivity index is 2.35. The first kappa shape index (κ1) is 15.7. The number of rotatable bonds is 7. The number of methoxy groups -OCH3 is 1. The van der Waals surface area contributed by atoms with E-state index in [9.17, 15) is 13.2 Å². The lowest BCUT2D eigenvalue weighted by Gasteiger charge is -2.22. The number of carboxylic acids is 1. The molecule has 1 aromatic carbocycles. The maximum Gasteiger partial charge on any atom is 0.335 e. The van der Waals surface area contributed by atoms with Crippen molar-refractivity contribution in [2.75, 3.05) is 26.0 Å². The Morgan fingerprint density at radius 2 is 2.14 bits per heavy atom. The number of carboxylic acid groups (broad SMARTS) is 1. The highest BCUT2D eigenvalue weighted by Crippen LogP contribution is 2.33. The molecule has 1 aliphatic rings. The van der Waals surface area contributed by atoms with Crippen LogP contribution in [0.15, 0.2) is 23.1 Å². The molecule has 0 spiro atoms. The Morgan fingerprint density at radius 3 is 2.62 bits per heavy atom. The fraction of sp³-hybridized carbons (Fsp3) is 0.462. The van der Waals surface area contributed by atoms with Crippen molar-refractivity contribution >= 4 is 21.7 Å². The van der Waals surface area contributed by atoms with E-state index in [1.165, 1.54) is 23.5 Å². The van der Waals surface area contributed by atoms with Gasteiger partial charge in [0.05, 0.1) is 17.9 Å². The first-order valence-corrected chi connectivity index (χ1v) is 7.95. The highest BCUT2D eigenvalue weighted by atomic mass is 32.2. The first-order valence-electron chi connectivity index (χ1n) is 6.51. The van der Waals surface area contributed by atoms with Crippen LogP contribution in [0.4, 0.5) is 5.69 Å². The monoisotopic (exact) mass is 314 g/mol. The molecular weight excluding hydrogens is 296 g/mol. The average molecular weight is 314 g/mol. The lowest BCUT2D eigenvalue weighted by atomic mass is 10.2. The molecule has 0 aliphatic heterocycles. The van der Waals surface area contributed by atoms with Gasteiger partial charge in [-0.3, -0.25) is 0 Å². The minimum absolute atomic E-state index is 0.0244. The summed E-state index contributed by atoms with van der Waals surface area (Å²) in [4.78, 5) is 10.8. The summed E-state index contributed by atoms with van der Waals surface area (Å²) in [6, 6.07) is 3.63. The van der Waals surface area contributed by atoms with Crippen LogP contribution in [0.3, 0.4) is 0 Å². The molecular formula is C13H18N2O5S. The zero-order valence-electron chi connectivity index (χ0n) is 11.7. The molecule has 116 valence electrons. The van der Waals surface area contributed by atoms with Gasteiger partial charge in [-0.15, -0.1) is 0 Å². The summed E-state index contributed by atoms with van der Waals surface area (Å²) in [7, 11) is -2.24. The van der Waals surface area contributed by atoms with Gasteiger partial charge in [0.15, 0.2) is 0 Å². The smallest absolute Gasteiger partial charge is 0.335 e. The van der Waals surface area contributed by atoms with E-state index in [1.807, 2.05) is 0 Å². The van der Waals surface area contributed by atoms with Gasteiger partial charge in [-0.1, -0.05) is 0 Å². The van der Waals surface area contributed by atoms with E-state index < -0.39 is 16.0 Å². The second-order valence-electron chi connectivity index (χ2n) is 4.90. The molecule has 21 heavy (non-hydrogen) atoms. The van der Waals surface area contributed by atoms with E-state index in [0.717, 1.165) is 18.9 Å². The number of nitrogens with zero attached hydrogens (tertiary/aromatic N) is 1. The predicted molar refractivity (Wildman–Crippen MR) is 76.6 cm³/mol. The first-order chi connectivity index (χ1) is 9.87. The van der Waals surface area contributed by atoms with Crippen molar-refractivity contribution in [3.63, 3.8) is 0 Å². The Labute approximate surface area is 123 Å². The summed E-state index contributed by atoms with van der Waals surface area (Å²) in [5.74, 6) is -1.15. The third kappa shape index (κ3) is 3.34. The molecule has 7 nitrogen and oxygen atoms in total. The maximum absolute atomic E-state index is 12.7. The standard InChI is InChI=1S/C13H18N2O5S/c1-20-7-6-15(10-3-4-10)21(18,19)12-5-2-9(13(16)17)8-11(12)14/h2,5,8,10H,3-4,6-7,14H2,1H3,(H,16,17). The molecule has 1 aliphatic carbocycles. The minimum atomic E-state index is -3.75. The molecule has 0 unspecified atom stereocenters. The van der Waals surface area contributed by atoms with Crippen molar-refractivity contribution in [1.82, 2.24) is 4.31 Å². The van der Waals surface area contributed by atoms with Crippen LogP contribution in [0.25, 0.3) is 0 Å². The van der Waals surface area contributed by atoms with E-state index in [0.29, 0.717) is 6.61 Å². The second kappa shape index (κ2) is 6.00. The zero-order valence-corrected chi connectivity index (χ0v) is 12.5. The molecule has 8 heteroatoms. The van der Waals surface area contributed by atoms with Crippen molar-refractivity contribution in [2.45, 2.75) is 23.8 Å². The highest BCUT2D eigenvalue weighted by Gasteiger charge is 2.38. The van der Waals surface area contributed by atoms with Crippen LogP contribution in [0.5, 0.6) is 0 Å². The Morgan fingerprint density at radius 1 is 1.48 bits per heavy atom. The molecule has 1 aromatic rings. The molecule has 0 bridgehead atoms. The van der Waals surface area contributed by atoms with Crippen LogP contribution in [-0.2, 0) is 14.8 Å². The van der Waals surface area contributed by atoms with Crippen molar-refractivity contribution < 1.29 is 23.1 Å². The van der Waals surface area contributed by atoms with Crippen molar-refractivity contribution in [1.29, 1.82) is 0 Å². The number of ether oxygens (including phenoxy) is 1. The van der Waals surface area contributed by atoms with Gasteiger partial charge in [-0.05, 0) is 31.0 Å². The van der Waals surface area contributed by atoms with Gasteiger partial charge in [0, 0.05) is 19.7 Å². The number of carbonyl (C=O) groups is 1. The van der Waals surface area contributed by atoms with E-state index in [-0.39, 0.29) is 28.7 Å². The summed E-state index contributed by atoms with van der Waals surface area (Å²) >= 11 is 0. The molecule has 0 radical (unpaired) electrons. The van der Waals surface area contributed by atoms with Crippen LogP contribution in [0.1, 0.15) is 23.2 Å². The molecule has 3 N–H and O–H groups in total. The number of anilines is 1. The molecule has 0 amide bonds. The number of hydrogen-bond acceptors (Lipinski definition) is 5. The van der Waals surface area contributed by atoms with Crippen LogP contribution >= 0.6 is 0 Å². The van der Waals surface area contributed by atoms with Gasteiger partial charge in [0.1, 0.15) is 4.90 Å². The van der Waals surface area contributed by atoms with Gasteiger partial charge in [0.2, 0.25) is 10.0 Å². The van der Waals surface area contributed by atoms with E-state index >= 15 is 0 Å². The highest BCUT2D eigenvalue weighted by molar-refractivity contribution is 7.89. The summed E-state index contributed by atoms with van der Waals surface area (Å²) < 4.78 is 31.7. The number of sulfonamides is 1. The van der Waals surface area contributed by atoms with Crippen LogP contribution < -0.4 is 5.73 Å². The number of nitrogen functional groups attached to an aromatic ring is 1. The largest absolute Gasteiger partial charge is 0.478 e. The molecule has 0 atom stereocenters. The van der Waals surface area contributed by atoms with E-state index in [1.54, 1.807) is 0 Å². The Kier molecular flexibility index (Phi) is 4.50. The summed E-state index contributed by atoms with van der Waals surface area (Å²) in [5, 5.41) is 8.89. The fourth-order valence-corrected chi connectivity index (χ4v) is 3.85. The van der Waals surface area contributed by atoms with Gasteiger partial charge in [-0.2, -0.15) is 4.31 Å². The predicted octanol–water partition coefficient (Wildman–Crippen LogP) is 0.766. The molecule has 0 aromatic heterocycles. The van der Waals surface area contributed by atoms with Crippen LogP contribution in [0, 0.1) is 0 Å². The summed E-state index contributed by atoms with van der Waals surface area (Å²) in [5.41, 5.74) is 5.63. The fourth-order valence-electron chi connectivity index (χ4n) is 2.09. The number of nitrogens with two attached hydrogens (primary N) is 1. The third-order valence-corrected chi connectivity index (χ3v) is 5.34. The Hall–Kier alpha value is -1.64. The minimum Gasteiger partial charge on any atom is -0.478 e. The number of aromatic carboxylic acids is 1. The van der Waals surface area contributed by atoms with Crippen molar-refractivity contribution in [3.05, 3.63) is 23.8 Å². The lowest BCUT2D eigenvalue weighted by molar-refractivity contribution is 0.0697.